The van der Waals surface area contributed by atoms with Gasteiger partial charge in [-0.2, -0.15) is 0 Å². The topological polar surface area (TPSA) is 49.4 Å². The molecule has 0 saturated carbocycles. The van der Waals surface area contributed by atoms with Crippen LogP contribution < -0.4 is 5.32 Å². The van der Waals surface area contributed by atoms with Gasteiger partial charge in [0, 0.05) is 41.0 Å². The van der Waals surface area contributed by atoms with E-state index < -0.39 is 6.04 Å². The first-order valence-electron chi connectivity index (χ1n) is 12.0. The van der Waals surface area contributed by atoms with E-state index in [2.05, 4.69) is 12.2 Å². The van der Waals surface area contributed by atoms with E-state index in [1.807, 2.05) is 60.7 Å². The molecule has 0 aliphatic carbocycles. The van der Waals surface area contributed by atoms with Gasteiger partial charge in [-0.15, -0.1) is 0 Å². The number of carbonyl (C=O) groups excluding carboxylic acids is 2. The molecule has 0 radical (unpaired) electrons. The van der Waals surface area contributed by atoms with Gasteiger partial charge in [0.15, 0.2) is 0 Å². The maximum absolute atomic E-state index is 13.9. The number of benzene rings is 3. The molecule has 0 heterocycles. The number of nitrogens with zero attached hydrogens (tertiary/aromatic N) is 1. The van der Waals surface area contributed by atoms with Crippen LogP contribution in [0.1, 0.15) is 55.7 Å². The molecular formula is C29H32Cl2N2O2. The van der Waals surface area contributed by atoms with Crippen molar-refractivity contribution in [3.8, 4) is 0 Å². The summed E-state index contributed by atoms with van der Waals surface area (Å²) in [5.74, 6) is -0.479. The van der Waals surface area contributed by atoms with Gasteiger partial charge in [0.1, 0.15) is 6.04 Å². The Morgan fingerprint density at radius 2 is 1.40 bits per heavy atom. The van der Waals surface area contributed by atoms with E-state index in [0.717, 1.165) is 24.0 Å². The fourth-order valence-electron chi connectivity index (χ4n) is 4.06. The molecule has 0 bridgehead atoms. The molecule has 0 aromatic heterocycles. The van der Waals surface area contributed by atoms with Crippen molar-refractivity contribution in [2.24, 2.45) is 0 Å². The Morgan fingerprint density at radius 1 is 0.857 bits per heavy atom. The average Bonchev–Trinajstić information content (AvgIpc) is 2.87. The summed E-state index contributed by atoms with van der Waals surface area (Å²) in [5, 5.41) is 3.89. The van der Waals surface area contributed by atoms with E-state index in [1.165, 1.54) is 0 Å². The number of hydrogen-bond acceptors (Lipinski definition) is 2. The van der Waals surface area contributed by atoms with Gasteiger partial charge in [0.25, 0.3) is 0 Å². The summed E-state index contributed by atoms with van der Waals surface area (Å²) in [7, 11) is 0. The Labute approximate surface area is 218 Å². The van der Waals surface area contributed by atoms with Gasteiger partial charge in [-0.05, 0) is 36.6 Å². The smallest absolute Gasteiger partial charge is 0.242 e. The molecule has 0 spiro atoms. The molecule has 1 N–H and O–H groups in total. The number of halogens is 2. The molecule has 0 aliphatic rings. The summed E-state index contributed by atoms with van der Waals surface area (Å²) < 4.78 is 0. The molecule has 35 heavy (non-hydrogen) atoms. The molecule has 3 aromatic rings. The van der Waals surface area contributed by atoms with Gasteiger partial charge in [0.05, 0.1) is 0 Å². The van der Waals surface area contributed by atoms with Crippen LogP contribution in [-0.4, -0.2) is 29.3 Å². The van der Waals surface area contributed by atoms with Crippen LogP contribution in [0.25, 0.3) is 0 Å². The molecule has 0 saturated heterocycles. The van der Waals surface area contributed by atoms with Gasteiger partial charge in [-0.3, -0.25) is 9.59 Å². The number of nitrogens with one attached hydrogen (secondary N) is 1. The molecule has 4 nitrogen and oxygen atoms in total. The van der Waals surface area contributed by atoms with Crippen molar-refractivity contribution < 1.29 is 9.59 Å². The summed E-state index contributed by atoms with van der Waals surface area (Å²) >= 11 is 12.9. The van der Waals surface area contributed by atoms with Crippen LogP contribution in [-0.2, 0) is 16.1 Å². The SMILES string of the molecule is CCCCNC(=O)[C@@H](C)N(Cc1c(Cl)cccc1Cl)C(=O)CC(c1ccccc1)c1ccccc1. The van der Waals surface area contributed by atoms with Crippen LogP contribution in [0, 0.1) is 0 Å². The first kappa shape index (κ1) is 26.8. The van der Waals surface area contributed by atoms with E-state index >= 15 is 0 Å². The molecule has 1 atom stereocenters. The Bertz CT molecular complexity index is 1050. The maximum Gasteiger partial charge on any atom is 0.242 e. The highest BCUT2D eigenvalue weighted by Crippen LogP contribution is 2.31. The molecule has 0 aliphatic heterocycles. The van der Waals surface area contributed by atoms with Crippen LogP contribution in [0.15, 0.2) is 78.9 Å². The van der Waals surface area contributed by atoms with Crippen molar-refractivity contribution in [3.05, 3.63) is 106 Å². The lowest BCUT2D eigenvalue weighted by Gasteiger charge is -2.31. The third-order valence-electron chi connectivity index (χ3n) is 6.17. The largest absolute Gasteiger partial charge is 0.354 e. The second-order valence-corrected chi connectivity index (χ2v) is 9.43. The molecular weight excluding hydrogens is 479 g/mol. The lowest BCUT2D eigenvalue weighted by Crippen LogP contribution is -2.48. The number of carbonyl (C=O) groups is 2. The van der Waals surface area contributed by atoms with Crippen molar-refractivity contribution in [1.82, 2.24) is 10.2 Å². The van der Waals surface area contributed by atoms with Crippen LogP contribution in [0.4, 0.5) is 0 Å². The monoisotopic (exact) mass is 510 g/mol. The third kappa shape index (κ3) is 7.33. The number of unbranched alkanes of at least 4 members (excludes halogenated alkanes) is 1. The van der Waals surface area contributed by atoms with Gasteiger partial charge in [0.2, 0.25) is 11.8 Å². The minimum absolute atomic E-state index is 0.142. The van der Waals surface area contributed by atoms with Crippen LogP contribution >= 0.6 is 23.2 Å². The molecule has 3 aromatic carbocycles. The number of rotatable bonds is 11. The molecule has 184 valence electrons. The van der Waals surface area contributed by atoms with E-state index in [9.17, 15) is 9.59 Å². The first-order chi connectivity index (χ1) is 16.9. The van der Waals surface area contributed by atoms with Crippen molar-refractivity contribution >= 4 is 35.0 Å². The Kier molecular flexibility index (Phi) is 10.2. The second kappa shape index (κ2) is 13.3. The van der Waals surface area contributed by atoms with Crippen molar-refractivity contribution in [1.29, 1.82) is 0 Å². The van der Waals surface area contributed by atoms with Gasteiger partial charge in [-0.25, -0.2) is 0 Å². The van der Waals surface area contributed by atoms with E-state index in [4.69, 9.17) is 23.2 Å². The van der Waals surface area contributed by atoms with Crippen LogP contribution in [0.2, 0.25) is 10.0 Å². The lowest BCUT2D eigenvalue weighted by molar-refractivity contribution is -0.140. The molecule has 0 unspecified atom stereocenters. The Morgan fingerprint density at radius 3 is 1.91 bits per heavy atom. The van der Waals surface area contributed by atoms with Crippen molar-refractivity contribution in [2.45, 2.75) is 51.6 Å². The molecule has 2 amide bonds. The van der Waals surface area contributed by atoms with E-state index in [-0.39, 0.29) is 30.7 Å². The highest BCUT2D eigenvalue weighted by molar-refractivity contribution is 6.36. The molecule has 3 rings (SSSR count). The summed E-state index contributed by atoms with van der Waals surface area (Å²) in [4.78, 5) is 28.4. The molecule has 6 heteroatoms. The Balaban J connectivity index is 1.92. The Hall–Kier alpha value is -2.82. The van der Waals surface area contributed by atoms with Crippen molar-refractivity contribution in [2.75, 3.05) is 6.54 Å². The quantitative estimate of drug-likeness (QED) is 0.286. The zero-order valence-electron chi connectivity index (χ0n) is 20.2. The summed E-state index contributed by atoms with van der Waals surface area (Å²) in [5.41, 5.74) is 2.72. The average molecular weight is 511 g/mol. The summed E-state index contributed by atoms with van der Waals surface area (Å²) in [6.45, 7) is 4.54. The zero-order valence-corrected chi connectivity index (χ0v) is 21.7. The van der Waals surface area contributed by atoms with Gasteiger partial charge >= 0.3 is 0 Å². The van der Waals surface area contributed by atoms with Crippen molar-refractivity contribution in [3.63, 3.8) is 0 Å². The highest BCUT2D eigenvalue weighted by atomic mass is 35.5. The predicted octanol–water partition coefficient (Wildman–Crippen LogP) is 6.85. The minimum Gasteiger partial charge on any atom is -0.354 e. The lowest BCUT2D eigenvalue weighted by atomic mass is 9.88. The fraction of sp³-hybridized carbons (Fsp3) is 0.310. The second-order valence-electron chi connectivity index (χ2n) is 8.62. The minimum atomic E-state index is -0.682. The first-order valence-corrected chi connectivity index (χ1v) is 12.8. The number of amides is 2. The van der Waals surface area contributed by atoms with E-state index in [1.54, 1.807) is 30.0 Å². The third-order valence-corrected chi connectivity index (χ3v) is 6.88. The molecule has 0 fully saturated rings. The summed E-state index contributed by atoms with van der Waals surface area (Å²) in [6.07, 6.45) is 2.07. The normalized spacial score (nSPS) is 11.8. The standard InChI is InChI=1S/C29H32Cl2N2O2/c1-3-4-18-32-29(35)21(2)33(20-25-26(30)16-11-17-27(25)31)28(34)19-24(22-12-7-5-8-13-22)23-14-9-6-10-15-23/h5-17,21,24H,3-4,18-20H2,1-2H3,(H,32,35)/t21-/m1/s1. The van der Waals surface area contributed by atoms with Crippen LogP contribution in [0.5, 0.6) is 0 Å². The highest BCUT2D eigenvalue weighted by Gasteiger charge is 2.30. The fourth-order valence-corrected chi connectivity index (χ4v) is 4.58. The van der Waals surface area contributed by atoms with Crippen LogP contribution in [0.3, 0.4) is 0 Å². The number of hydrogen-bond donors (Lipinski definition) is 1. The zero-order chi connectivity index (χ0) is 25.2. The maximum atomic E-state index is 13.9. The predicted molar refractivity (Wildman–Crippen MR) is 144 cm³/mol. The van der Waals surface area contributed by atoms with Gasteiger partial charge < -0.3 is 10.2 Å². The summed E-state index contributed by atoms with van der Waals surface area (Å²) in [6, 6.07) is 24.5. The van der Waals surface area contributed by atoms with E-state index in [0.29, 0.717) is 22.2 Å². The van der Waals surface area contributed by atoms with Gasteiger partial charge in [-0.1, -0.05) is 103 Å².